The van der Waals surface area contributed by atoms with Gasteiger partial charge in [0.25, 0.3) is 0 Å². The van der Waals surface area contributed by atoms with Crippen molar-refractivity contribution in [2.24, 2.45) is 0 Å². The molecule has 1 aliphatic rings. The zero-order valence-corrected chi connectivity index (χ0v) is 11.3. The van der Waals surface area contributed by atoms with Gasteiger partial charge in [0.1, 0.15) is 0 Å². The minimum atomic E-state index is 0.151. The zero-order valence-electron chi connectivity index (χ0n) is 11.3. The first-order valence-electron chi connectivity index (χ1n) is 6.35. The zero-order chi connectivity index (χ0) is 13.1. The van der Waals surface area contributed by atoms with Gasteiger partial charge in [-0.2, -0.15) is 0 Å². The van der Waals surface area contributed by atoms with E-state index < -0.39 is 0 Å². The number of nitrogens with zero attached hydrogens (tertiary/aromatic N) is 2. The number of carbonyl (C=O) groups is 1. The molecule has 1 aromatic rings. The summed E-state index contributed by atoms with van der Waals surface area (Å²) in [6.45, 7) is 4.15. The molecular weight excluding hydrogens is 226 g/mol. The van der Waals surface area contributed by atoms with Crippen molar-refractivity contribution in [3.05, 3.63) is 29.8 Å². The van der Waals surface area contributed by atoms with Crippen LogP contribution in [0.25, 0.3) is 0 Å². The maximum atomic E-state index is 11.6. The smallest absolute Gasteiger partial charge is 0.220 e. The highest BCUT2D eigenvalue weighted by atomic mass is 16.2. The fourth-order valence-electron chi connectivity index (χ4n) is 2.37. The molecule has 1 aliphatic heterocycles. The molecule has 0 aromatic heterocycles. The van der Waals surface area contributed by atoms with E-state index in [4.69, 9.17) is 0 Å². The molecule has 0 radical (unpaired) electrons. The van der Waals surface area contributed by atoms with Crippen LogP contribution in [0.5, 0.6) is 0 Å². The van der Waals surface area contributed by atoms with Crippen LogP contribution in [-0.4, -0.2) is 44.5 Å². The summed E-state index contributed by atoms with van der Waals surface area (Å²) in [7, 11) is 4.05. The summed E-state index contributed by atoms with van der Waals surface area (Å²) < 4.78 is 0. The second-order valence-corrected chi connectivity index (χ2v) is 4.92. The third-order valence-electron chi connectivity index (χ3n) is 3.44. The Morgan fingerprint density at radius 1 is 1.33 bits per heavy atom. The molecule has 2 rings (SSSR count). The van der Waals surface area contributed by atoms with E-state index in [1.165, 1.54) is 11.3 Å². The first kappa shape index (κ1) is 12.9. The summed E-state index contributed by atoms with van der Waals surface area (Å²) in [6.07, 6.45) is 0. The second-order valence-electron chi connectivity index (χ2n) is 4.92. The lowest BCUT2D eigenvalue weighted by atomic mass is 10.0. The van der Waals surface area contributed by atoms with Crippen molar-refractivity contribution in [1.82, 2.24) is 10.2 Å². The summed E-state index contributed by atoms with van der Waals surface area (Å²) >= 11 is 0. The van der Waals surface area contributed by atoms with E-state index >= 15 is 0 Å². The van der Waals surface area contributed by atoms with Crippen molar-refractivity contribution < 1.29 is 4.79 Å². The SMILES string of the molecule is CC(=O)N1CCNCC1c1ccc(N(C)C)cc1. The van der Waals surface area contributed by atoms with Gasteiger partial charge in [-0.25, -0.2) is 0 Å². The molecule has 18 heavy (non-hydrogen) atoms. The minimum Gasteiger partial charge on any atom is -0.378 e. The normalized spacial score (nSPS) is 19.7. The van der Waals surface area contributed by atoms with Crippen LogP contribution < -0.4 is 10.2 Å². The van der Waals surface area contributed by atoms with Crippen LogP contribution in [0.15, 0.2) is 24.3 Å². The fourth-order valence-corrected chi connectivity index (χ4v) is 2.37. The number of nitrogens with one attached hydrogen (secondary N) is 1. The molecule has 0 bridgehead atoms. The third kappa shape index (κ3) is 2.64. The number of anilines is 1. The number of hydrogen-bond acceptors (Lipinski definition) is 3. The Morgan fingerprint density at radius 3 is 2.56 bits per heavy atom. The number of amides is 1. The molecule has 1 unspecified atom stereocenters. The maximum Gasteiger partial charge on any atom is 0.220 e. The second kappa shape index (κ2) is 5.40. The van der Waals surface area contributed by atoms with Gasteiger partial charge in [-0.3, -0.25) is 4.79 Å². The summed E-state index contributed by atoms with van der Waals surface area (Å²) in [5.41, 5.74) is 2.37. The average Bonchev–Trinajstić information content (AvgIpc) is 2.39. The van der Waals surface area contributed by atoms with Gasteiger partial charge in [-0.1, -0.05) is 12.1 Å². The van der Waals surface area contributed by atoms with Crippen molar-refractivity contribution >= 4 is 11.6 Å². The first-order chi connectivity index (χ1) is 8.59. The lowest BCUT2D eigenvalue weighted by Gasteiger charge is -2.36. The third-order valence-corrected chi connectivity index (χ3v) is 3.44. The van der Waals surface area contributed by atoms with E-state index in [0.29, 0.717) is 0 Å². The first-order valence-corrected chi connectivity index (χ1v) is 6.35. The van der Waals surface area contributed by atoms with E-state index in [0.717, 1.165) is 19.6 Å². The number of carbonyl (C=O) groups excluding carboxylic acids is 1. The Balaban J connectivity index is 2.20. The van der Waals surface area contributed by atoms with Gasteiger partial charge in [0.15, 0.2) is 0 Å². The lowest BCUT2D eigenvalue weighted by Crippen LogP contribution is -2.47. The maximum absolute atomic E-state index is 11.6. The highest BCUT2D eigenvalue weighted by Crippen LogP contribution is 2.24. The molecule has 1 heterocycles. The molecule has 1 amide bonds. The molecule has 98 valence electrons. The van der Waals surface area contributed by atoms with Crippen molar-refractivity contribution in [3.63, 3.8) is 0 Å². The fraction of sp³-hybridized carbons (Fsp3) is 0.500. The Kier molecular flexibility index (Phi) is 3.87. The van der Waals surface area contributed by atoms with Gasteiger partial charge in [0.2, 0.25) is 5.91 Å². The van der Waals surface area contributed by atoms with Crippen LogP contribution in [0.2, 0.25) is 0 Å². The Labute approximate surface area is 109 Å². The van der Waals surface area contributed by atoms with E-state index in [-0.39, 0.29) is 11.9 Å². The minimum absolute atomic E-state index is 0.151. The molecular formula is C14H21N3O. The van der Waals surface area contributed by atoms with Gasteiger partial charge in [-0.15, -0.1) is 0 Å². The Bertz CT molecular complexity index is 414. The van der Waals surface area contributed by atoms with Gasteiger partial charge in [0, 0.05) is 46.3 Å². The number of rotatable bonds is 2. The van der Waals surface area contributed by atoms with Gasteiger partial charge < -0.3 is 15.1 Å². The lowest BCUT2D eigenvalue weighted by molar-refractivity contribution is -0.132. The van der Waals surface area contributed by atoms with Crippen molar-refractivity contribution in [1.29, 1.82) is 0 Å². The Morgan fingerprint density at radius 2 is 2.00 bits per heavy atom. The number of benzene rings is 1. The largest absolute Gasteiger partial charge is 0.378 e. The molecule has 1 N–H and O–H groups in total. The van der Waals surface area contributed by atoms with E-state index in [9.17, 15) is 4.79 Å². The predicted molar refractivity (Wildman–Crippen MR) is 73.8 cm³/mol. The number of hydrogen-bond donors (Lipinski definition) is 1. The molecule has 0 spiro atoms. The quantitative estimate of drug-likeness (QED) is 0.854. The van der Waals surface area contributed by atoms with Crippen LogP contribution in [0.1, 0.15) is 18.5 Å². The van der Waals surface area contributed by atoms with E-state index in [1.807, 2.05) is 19.0 Å². The van der Waals surface area contributed by atoms with Crippen LogP contribution in [-0.2, 0) is 4.79 Å². The van der Waals surface area contributed by atoms with Crippen LogP contribution in [0.3, 0.4) is 0 Å². The molecule has 0 saturated carbocycles. The Hall–Kier alpha value is -1.55. The predicted octanol–water partition coefficient (Wildman–Crippen LogP) is 1.25. The molecule has 1 aromatic carbocycles. The molecule has 1 atom stereocenters. The monoisotopic (exact) mass is 247 g/mol. The molecule has 0 aliphatic carbocycles. The van der Waals surface area contributed by atoms with Crippen molar-refractivity contribution in [2.75, 3.05) is 38.6 Å². The molecule has 4 nitrogen and oxygen atoms in total. The molecule has 1 saturated heterocycles. The summed E-state index contributed by atoms with van der Waals surface area (Å²) in [4.78, 5) is 15.7. The van der Waals surface area contributed by atoms with E-state index in [1.54, 1.807) is 6.92 Å². The highest BCUT2D eigenvalue weighted by Gasteiger charge is 2.25. The number of piperazine rings is 1. The van der Waals surface area contributed by atoms with Crippen LogP contribution in [0.4, 0.5) is 5.69 Å². The summed E-state index contributed by atoms with van der Waals surface area (Å²) in [5, 5.41) is 3.35. The summed E-state index contributed by atoms with van der Waals surface area (Å²) in [6, 6.07) is 8.59. The van der Waals surface area contributed by atoms with Gasteiger partial charge in [-0.05, 0) is 17.7 Å². The van der Waals surface area contributed by atoms with Crippen molar-refractivity contribution in [2.45, 2.75) is 13.0 Å². The molecule has 1 fully saturated rings. The standard InChI is InChI=1S/C14H21N3O/c1-11(18)17-9-8-15-10-14(17)12-4-6-13(7-5-12)16(2)3/h4-7,14-15H,8-10H2,1-3H3. The summed E-state index contributed by atoms with van der Waals surface area (Å²) in [5.74, 6) is 0.151. The van der Waals surface area contributed by atoms with E-state index in [2.05, 4.69) is 34.5 Å². The average molecular weight is 247 g/mol. The topological polar surface area (TPSA) is 35.6 Å². The molecule has 4 heteroatoms. The van der Waals surface area contributed by atoms with Crippen LogP contribution in [0, 0.1) is 0 Å². The van der Waals surface area contributed by atoms with Crippen LogP contribution >= 0.6 is 0 Å². The highest BCUT2D eigenvalue weighted by molar-refractivity contribution is 5.74. The van der Waals surface area contributed by atoms with Gasteiger partial charge in [0.05, 0.1) is 6.04 Å². The van der Waals surface area contributed by atoms with Crippen molar-refractivity contribution in [3.8, 4) is 0 Å². The van der Waals surface area contributed by atoms with Gasteiger partial charge >= 0.3 is 0 Å².